The molecule has 4 nitrogen and oxygen atoms in total. The number of nitrogens with zero attached hydrogens (tertiary/aromatic N) is 1. The van der Waals surface area contributed by atoms with Crippen molar-refractivity contribution in [2.75, 3.05) is 0 Å². The van der Waals surface area contributed by atoms with Gasteiger partial charge in [0.25, 0.3) is 0 Å². The average Bonchev–Trinajstić information content (AvgIpc) is 2.78. The molecule has 0 bridgehead atoms. The maximum absolute atomic E-state index is 13.1. The minimum Gasteiger partial charge on any atom is -0.476 e. The van der Waals surface area contributed by atoms with E-state index in [0.29, 0.717) is 17.1 Å². The summed E-state index contributed by atoms with van der Waals surface area (Å²) in [6.07, 6.45) is 0. The lowest BCUT2D eigenvalue weighted by Gasteiger charge is -2.02. The van der Waals surface area contributed by atoms with Crippen molar-refractivity contribution in [1.29, 1.82) is 0 Å². The largest absolute Gasteiger partial charge is 0.476 e. The highest BCUT2D eigenvalue weighted by atomic mass is 35.5. The molecule has 0 saturated carbocycles. The fraction of sp³-hybridized carbons (Fsp3) is 0.231. The number of imidazole rings is 1. The lowest BCUT2D eigenvalue weighted by Crippen LogP contribution is -2.02. The summed E-state index contributed by atoms with van der Waals surface area (Å²) in [6.45, 7) is 3.72. The quantitative estimate of drug-likeness (QED) is 0.902. The van der Waals surface area contributed by atoms with Crippen LogP contribution in [0.1, 0.15) is 35.9 Å². The lowest BCUT2D eigenvalue weighted by atomic mass is 10.1. The molecule has 1 heterocycles. The summed E-state index contributed by atoms with van der Waals surface area (Å²) in [5, 5.41) is 9.07. The van der Waals surface area contributed by atoms with Crippen molar-refractivity contribution in [1.82, 2.24) is 9.97 Å². The standard InChI is InChI=1S/C13H12ClFN2O2/c1-6(2)10-11(13(18)19)17-12(16-10)7-3-4-9(15)8(14)5-7/h3-6H,1-2H3,(H,16,17)(H,18,19). The molecule has 1 aromatic heterocycles. The number of rotatable bonds is 3. The third-order valence-corrected chi connectivity index (χ3v) is 2.99. The van der Waals surface area contributed by atoms with Gasteiger partial charge < -0.3 is 10.1 Å². The number of aromatic carboxylic acids is 1. The van der Waals surface area contributed by atoms with Crippen molar-refractivity contribution >= 4 is 17.6 Å². The van der Waals surface area contributed by atoms with Crippen LogP contribution in [0.15, 0.2) is 18.2 Å². The van der Waals surface area contributed by atoms with Gasteiger partial charge in [-0.25, -0.2) is 14.2 Å². The predicted octanol–water partition coefficient (Wildman–Crippen LogP) is 3.69. The molecule has 0 amide bonds. The molecule has 0 radical (unpaired) electrons. The molecule has 19 heavy (non-hydrogen) atoms. The minimum atomic E-state index is -1.10. The maximum Gasteiger partial charge on any atom is 0.356 e. The summed E-state index contributed by atoms with van der Waals surface area (Å²) in [5.41, 5.74) is 1.05. The first kappa shape index (κ1) is 13.5. The SMILES string of the molecule is CC(C)c1[nH]c(-c2ccc(F)c(Cl)c2)nc1C(=O)O. The molecule has 0 spiro atoms. The van der Waals surface area contributed by atoms with Gasteiger partial charge in [0.1, 0.15) is 11.6 Å². The van der Waals surface area contributed by atoms with E-state index in [4.69, 9.17) is 16.7 Å². The average molecular weight is 283 g/mol. The lowest BCUT2D eigenvalue weighted by molar-refractivity contribution is 0.0689. The molecule has 2 rings (SSSR count). The zero-order valence-electron chi connectivity index (χ0n) is 10.4. The highest BCUT2D eigenvalue weighted by molar-refractivity contribution is 6.31. The molecule has 100 valence electrons. The van der Waals surface area contributed by atoms with Gasteiger partial charge in [0.2, 0.25) is 0 Å². The summed E-state index contributed by atoms with van der Waals surface area (Å²) in [6, 6.07) is 4.12. The van der Waals surface area contributed by atoms with Gasteiger partial charge in [-0.2, -0.15) is 0 Å². The molecule has 0 aliphatic heterocycles. The van der Waals surface area contributed by atoms with E-state index in [0.717, 1.165) is 0 Å². The second kappa shape index (κ2) is 5.01. The molecule has 6 heteroatoms. The fourth-order valence-corrected chi connectivity index (χ4v) is 1.93. The smallest absolute Gasteiger partial charge is 0.356 e. The van der Waals surface area contributed by atoms with Crippen molar-refractivity contribution in [3.05, 3.63) is 40.4 Å². The number of aromatic nitrogens is 2. The van der Waals surface area contributed by atoms with E-state index in [-0.39, 0.29) is 16.6 Å². The highest BCUT2D eigenvalue weighted by Gasteiger charge is 2.19. The Labute approximate surface area is 114 Å². The number of H-pyrrole nitrogens is 1. The van der Waals surface area contributed by atoms with Crippen LogP contribution >= 0.6 is 11.6 Å². The number of hydrogen-bond acceptors (Lipinski definition) is 2. The Morgan fingerprint density at radius 1 is 1.47 bits per heavy atom. The van der Waals surface area contributed by atoms with Gasteiger partial charge in [-0.1, -0.05) is 25.4 Å². The van der Waals surface area contributed by atoms with E-state index in [1.165, 1.54) is 18.2 Å². The van der Waals surface area contributed by atoms with Gasteiger partial charge in [0.15, 0.2) is 5.69 Å². The number of nitrogens with one attached hydrogen (secondary N) is 1. The number of hydrogen-bond donors (Lipinski definition) is 2. The van der Waals surface area contributed by atoms with Crippen molar-refractivity contribution in [2.24, 2.45) is 0 Å². The highest BCUT2D eigenvalue weighted by Crippen LogP contribution is 2.26. The van der Waals surface area contributed by atoms with E-state index < -0.39 is 11.8 Å². The van der Waals surface area contributed by atoms with Gasteiger partial charge in [-0.15, -0.1) is 0 Å². The van der Waals surface area contributed by atoms with E-state index in [9.17, 15) is 9.18 Å². The van der Waals surface area contributed by atoms with E-state index >= 15 is 0 Å². The minimum absolute atomic E-state index is 0.0109. The Kier molecular flexibility index (Phi) is 3.57. The molecule has 2 N–H and O–H groups in total. The third kappa shape index (κ3) is 2.61. The van der Waals surface area contributed by atoms with Crippen LogP contribution in [0.3, 0.4) is 0 Å². The molecule has 2 aromatic rings. The molecule has 0 saturated heterocycles. The molecule has 0 aliphatic carbocycles. The Morgan fingerprint density at radius 2 is 2.16 bits per heavy atom. The van der Waals surface area contributed by atoms with Crippen LogP contribution in [0.5, 0.6) is 0 Å². The summed E-state index contributed by atoms with van der Waals surface area (Å²) in [4.78, 5) is 18.1. The van der Waals surface area contributed by atoms with E-state index in [2.05, 4.69) is 9.97 Å². The van der Waals surface area contributed by atoms with E-state index in [1.807, 2.05) is 13.8 Å². The van der Waals surface area contributed by atoms with Crippen LogP contribution in [-0.4, -0.2) is 21.0 Å². The molecule has 0 atom stereocenters. The van der Waals surface area contributed by atoms with Crippen LogP contribution in [0, 0.1) is 5.82 Å². The van der Waals surface area contributed by atoms with Crippen molar-refractivity contribution in [3.63, 3.8) is 0 Å². The zero-order valence-corrected chi connectivity index (χ0v) is 11.1. The zero-order chi connectivity index (χ0) is 14.2. The molecule has 0 fully saturated rings. The summed E-state index contributed by atoms with van der Waals surface area (Å²) < 4.78 is 13.1. The van der Waals surface area contributed by atoms with Gasteiger partial charge >= 0.3 is 5.97 Å². The van der Waals surface area contributed by atoms with Gasteiger partial charge in [-0.3, -0.25) is 0 Å². The second-order valence-corrected chi connectivity index (χ2v) is 4.84. The van der Waals surface area contributed by atoms with Crippen LogP contribution in [0.2, 0.25) is 5.02 Å². The first-order chi connectivity index (χ1) is 8.90. The second-order valence-electron chi connectivity index (χ2n) is 4.44. The van der Waals surface area contributed by atoms with Crippen molar-refractivity contribution in [3.8, 4) is 11.4 Å². The number of carboxylic acids is 1. The normalized spacial score (nSPS) is 11.0. The van der Waals surface area contributed by atoms with Crippen LogP contribution in [0.25, 0.3) is 11.4 Å². The monoisotopic (exact) mass is 282 g/mol. The van der Waals surface area contributed by atoms with E-state index in [1.54, 1.807) is 0 Å². The molecule has 0 aliphatic rings. The number of halogens is 2. The third-order valence-electron chi connectivity index (χ3n) is 2.70. The summed E-state index contributed by atoms with van der Waals surface area (Å²) in [5.74, 6) is -1.27. The fourth-order valence-electron chi connectivity index (χ4n) is 1.75. The molecule has 0 unspecified atom stereocenters. The first-order valence-corrected chi connectivity index (χ1v) is 6.06. The number of carboxylic acid groups (broad SMARTS) is 1. The Hall–Kier alpha value is -1.88. The van der Waals surface area contributed by atoms with Crippen LogP contribution in [0.4, 0.5) is 4.39 Å². The first-order valence-electron chi connectivity index (χ1n) is 5.68. The molecule has 1 aromatic carbocycles. The Bertz CT molecular complexity index is 638. The Balaban J connectivity index is 2.54. The summed E-state index contributed by atoms with van der Waals surface area (Å²) >= 11 is 5.70. The maximum atomic E-state index is 13.1. The van der Waals surface area contributed by atoms with Gasteiger partial charge in [0, 0.05) is 5.56 Å². The van der Waals surface area contributed by atoms with Gasteiger partial charge in [0.05, 0.1) is 10.7 Å². The topological polar surface area (TPSA) is 66.0 Å². The molecular formula is C13H12ClFN2O2. The molecular weight excluding hydrogens is 271 g/mol. The predicted molar refractivity (Wildman–Crippen MR) is 70.0 cm³/mol. The van der Waals surface area contributed by atoms with Crippen molar-refractivity contribution < 1.29 is 14.3 Å². The summed E-state index contributed by atoms with van der Waals surface area (Å²) in [7, 11) is 0. The number of carbonyl (C=O) groups is 1. The van der Waals surface area contributed by atoms with Crippen LogP contribution < -0.4 is 0 Å². The van der Waals surface area contributed by atoms with Crippen molar-refractivity contribution in [2.45, 2.75) is 19.8 Å². The number of benzene rings is 1. The number of aromatic amines is 1. The van der Waals surface area contributed by atoms with Gasteiger partial charge in [-0.05, 0) is 24.1 Å². The Morgan fingerprint density at radius 3 is 2.63 bits per heavy atom. The van der Waals surface area contributed by atoms with Crippen LogP contribution in [-0.2, 0) is 0 Å².